The molecule has 3 aromatic rings. The number of methoxy groups -OCH3 is 1. The van der Waals surface area contributed by atoms with E-state index in [0.717, 1.165) is 36.7 Å². The molecule has 9 heteroatoms. The zero-order chi connectivity index (χ0) is 23.3. The minimum Gasteiger partial charge on any atom is -0.496 e. The summed E-state index contributed by atoms with van der Waals surface area (Å²) in [5.41, 5.74) is 2.21. The van der Waals surface area contributed by atoms with Crippen LogP contribution in [0.3, 0.4) is 0 Å². The number of benzene rings is 2. The van der Waals surface area contributed by atoms with Crippen LogP contribution in [0.1, 0.15) is 42.5 Å². The molecule has 4 rings (SSSR count). The lowest BCUT2D eigenvalue weighted by Gasteiger charge is -2.20. The number of hydrogen-bond donors (Lipinski definition) is 1. The number of nitrogens with zero attached hydrogens (tertiary/aromatic N) is 3. The van der Waals surface area contributed by atoms with Gasteiger partial charge in [-0.3, -0.25) is 4.79 Å². The number of ether oxygens (including phenoxy) is 1. The van der Waals surface area contributed by atoms with Gasteiger partial charge in [-0.2, -0.15) is 4.31 Å². The molecular formula is C24H30N4O4S. The maximum Gasteiger partial charge on any atom is 0.255 e. The summed E-state index contributed by atoms with van der Waals surface area (Å²) in [7, 11) is -2.18. The Kier molecular flexibility index (Phi) is 7.29. The number of imidazole rings is 1. The van der Waals surface area contributed by atoms with Gasteiger partial charge in [0.2, 0.25) is 10.0 Å². The first-order chi connectivity index (χ1) is 16.0. The van der Waals surface area contributed by atoms with Crippen molar-refractivity contribution >= 4 is 27.0 Å². The number of aromatic nitrogens is 2. The van der Waals surface area contributed by atoms with E-state index in [9.17, 15) is 13.2 Å². The van der Waals surface area contributed by atoms with Gasteiger partial charge in [0.15, 0.2) is 0 Å². The van der Waals surface area contributed by atoms with Crippen LogP contribution in [0.4, 0.5) is 0 Å². The maximum atomic E-state index is 13.2. The summed E-state index contributed by atoms with van der Waals surface area (Å²) in [6.07, 6.45) is 6.30. The fourth-order valence-corrected chi connectivity index (χ4v) is 5.73. The van der Waals surface area contributed by atoms with E-state index < -0.39 is 10.0 Å². The smallest absolute Gasteiger partial charge is 0.255 e. The summed E-state index contributed by atoms with van der Waals surface area (Å²) in [4.78, 5) is 17.4. The number of sulfonamides is 1. The van der Waals surface area contributed by atoms with Crippen LogP contribution in [0, 0.1) is 0 Å². The molecule has 0 saturated carbocycles. The molecule has 0 bridgehead atoms. The molecule has 1 fully saturated rings. The Balaban J connectivity index is 1.43. The van der Waals surface area contributed by atoms with E-state index in [0.29, 0.717) is 38.3 Å². The van der Waals surface area contributed by atoms with Crippen molar-refractivity contribution in [2.45, 2.75) is 43.5 Å². The van der Waals surface area contributed by atoms with Crippen LogP contribution in [0.5, 0.6) is 5.75 Å². The largest absolute Gasteiger partial charge is 0.496 e. The van der Waals surface area contributed by atoms with E-state index in [2.05, 4.69) is 14.9 Å². The molecule has 1 aromatic heterocycles. The third-order valence-corrected chi connectivity index (χ3v) is 7.90. The van der Waals surface area contributed by atoms with Crippen molar-refractivity contribution in [3.8, 4) is 5.75 Å². The summed E-state index contributed by atoms with van der Waals surface area (Å²) < 4.78 is 35.2. The number of nitrogens with one attached hydrogen (secondary N) is 1. The van der Waals surface area contributed by atoms with Crippen molar-refractivity contribution in [3.05, 3.63) is 54.4 Å². The first-order valence-electron chi connectivity index (χ1n) is 11.4. The average molecular weight is 471 g/mol. The monoisotopic (exact) mass is 470 g/mol. The molecule has 1 N–H and O–H groups in total. The highest BCUT2D eigenvalue weighted by Gasteiger charge is 2.27. The summed E-state index contributed by atoms with van der Waals surface area (Å²) in [6.45, 7) is 2.18. The Hall–Kier alpha value is -2.91. The summed E-state index contributed by atoms with van der Waals surface area (Å²) in [6, 6.07) is 12.4. The summed E-state index contributed by atoms with van der Waals surface area (Å²) >= 11 is 0. The van der Waals surface area contributed by atoms with Gasteiger partial charge in [-0.15, -0.1) is 0 Å². The molecule has 1 amide bonds. The number of carbonyl (C=O) groups excluding carboxylic acids is 1. The molecule has 0 atom stereocenters. The van der Waals surface area contributed by atoms with Gasteiger partial charge in [0, 0.05) is 26.2 Å². The predicted molar refractivity (Wildman–Crippen MR) is 127 cm³/mol. The Labute approximate surface area is 194 Å². The van der Waals surface area contributed by atoms with Crippen molar-refractivity contribution in [2.75, 3.05) is 26.7 Å². The second-order valence-electron chi connectivity index (χ2n) is 8.22. The van der Waals surface area contributed by atoms with Gasteiger partial charge in [0.25, 0.3) is 5.91 Å². The van der Waals surface area contributed by atoms with Crippen molar-refractivity contribution in [1.82, 2.24) is 19.2 Å². The second-order valence-corrected chi connectivity index (χ2v) is 10.2. The van der Waals surface area contributed by atoms with E-state index in [1.807, 2.05) is 24.3 Å². The molecular weight excluding hydrogens is 440 g/mol. The van der Waals surface area contributed by atoms with Crippen molar-refractivity contribution in [2.24, 2.45) is 0 Å². The lowest BCUT2D eigenvalue weighted by Crippen LogP contribution is -2.32. The molecule has 1 aliphatic rings. The number of rotatable bonds is 8. The lowest BCUT2D eigenvalue weighted by atomic mass is 10.2. The highest BCUT2D eigenvalue weighted by Crippen LogP contribution is 2.26. The number of hydrogen-bond acceptors (Lipinski definition) is 5. The van der Waals surface area contributed by atoms with Crippen LogP contribution < -0.4 is 10.1 Å². The molecule has 0 radical (unpaired) electrons. The first kappa shape index (κ1) is 23.3. The second kappa shape index (κ2) is 10.4. The number of carbonyl (C=O) groups is 1. The van der Waals surface area contributed by atoms with Crippen LogP contribution in [0.15, 0.2) is 53.7 Å². The number of para-hydroxylation sites is 2. The van der Waals surface area contributed by atoms with Crippen molar-refractivity contribution in [1.29, 1.82) is 0 Å². The third-order valence-electron chi connectivity index (χ3n) is 6.01. The van der Waals surface area contributed by atoms with Gasteiger partial charge in [-0.05, 0) is 49.6 Å². The zero-order valence-corrected chi connectivity index (χ0v) is 19.7. The highest BCUT2D eigenvalue weighted by molar-refractivity contribution is 7.89. The quantitative estimate of drug-likeness (QED) is 0.509. The Morgan fingerprint density at radius 3 is 2.61 bits per heavy atom. The fourth-order valence-electron chi connectivity index (χ4n) is 4.19. The molecule has 8 nitrogen and oxygen atoms in total. The highest BCUT2D eigenvalue weighted by atomic mass is 32.2. The van der Waals surface area contributed by atoms with Crippen molar-refractivity contribution in [3.63, 3.8) is 0 Å². The Morgan fingerprint density at radius 2 is 1.85 bits per heavy atom. The van der Waals surface area contributed by atoms with Crippen LogP contribution in [0.25, 0.3) is 11.0 Å². The molecule has 1 aliphatic heterocycles. The number of amides is 1. The van der Waals surface area contributed by atoms with Crippen LogP contribution >= 0.6 is 0 Å². The van der Waals surface area contributed by atoms with Gasteiger partial charge in [-0.1, -0.05) is 25.0 Å². The zero-order valence-electron chi connectivity index (χ0n) is 18.9. The number of fused-ring (bicyclic) bond motifs is 1. The molecule has 176 valence electrons. The van der Waals surface area contributed by atoms with Crippen LogP contribution in [0.2, 0.25) is 0 Å². The fraction of sp³-hybridized carbons (Fsp3) is 0.417. The molecule has 2 heterocycles. The average Bonchev–Trinajstić information content (AvgIpc) is 3.04. The van der Waals surface area contributed by atoms with Crippen LogP contribution in [-0.4, -0.2) is 54.9 Å². The Bertz CT molecular complexity index is 1210. The van der Waals surface area contributed by atoms with Crippen LogP contribution in [-0.2, 0) is 16.6 Å². The SMILES string of the molecule is COc1ccc(S(=O)(=O)N2CCCCCC2)cc1C(=O)NCCCn1cnc2ccccc21. The normalized spacial score (nSPS) is 15.3. The summed E-state index contributed by atoms with van der Waals surface area (Å²) in [5.74, 6) is -0.00169. The molecule has 0 spiro atoms. The first-order valence-corrected chi connectivity index (χ1v) is 12.8. The van der Waals surface area contributed by atoms with Gasteiger partial charge in [-0.25, -0.2) is 13.4 Å². The lowest BCUT2D eigenvalue weighted by molar-refractivity contribution is 0.0949. The Morgan fingerprint density at radius 1 is 1.09 bits per heavy atom. The van der Waals surface area contributed by atoms with Gasteiger partial charge >= 0.3 is 0 Å². The van der Waals surface area contributed by atoms with E-state index >= 15 is 0 Å². The van der Waals surface area contributed by atoms with E-state index in [1.54, 1.807) is 12.4 Å². The van der Waals surface area contributed by atoms with E-state index in [1.165, 1.54) is 23.5 Å². The number of aryl methyl sites for hydroxylation is 1. The van der Waals surface area contributed by atoms with Gasteiger partial charge in [0.1, 0.15) is 5.75 Å². The van der Waals surface area contributed by atoms with Crippen molar-refractivity contribution < 1.29 is 17.9 Å². The van der Waals surface area contributed by atoms with Gasteiger partial charge < -0.3 is 14.6 Å². The molecule has 0 aliphatic carbocycles. The summed E-state index contributed by atoms with van der Waals surface area (Å²) in [5, 5.41) is 2.89. The van der Waals surface area contributed by atoms with E-state index in [4.69, 9.17) is 4.74 Å². The topological polar surface area (TPSA) is 93.5 Å². The minimum atomic E-state index is -3.65. The molecule has 1 saturated heterocycles. The molecule has 2 aromatic carbocycles. The molecule has 33 heavy (non-hydrogen) atoms. The standard InChI is InChI=1S/C24H30N4O4S/c1-32-23-12-11-19(33(30,31)28-15-6-2-3-7-16-28)17-20(23)24(29)25-13-8-14-27-18-26-21-9-4-5-10-22(21)27/h4-5,9-12,17-18H,2-3,6-8,13-16H2,1H3,(H,25,29). The third kappa shape index (κ3) is 5.20. The van der Waals surface area contributed by atoms with Gasteiger partial charge in [0.05, 0.1) is 34.9 Å². The molecule has 0 unspecified atom stereocenters. The maximum absolute atomic E-state index is 13.2. The predicted octanol–water partition coefficient (Wildman–Crippen LogP) is 3.43. The van der Waals surface area contributed by atoms with E-state index in [-0.39, 0.29) is 16.4 Å². The minimum absolute atomic E-state index is 0.125.